The van der Waals surface area contributed by atoms with Crippen LogP contribution in [0, 0.1) is 0 Å². The van der Waals surface area contributed by atoms with E-state index in [-0.39, 0.29) is 0 Å². The van der Waals surface area contributed by atoms with Crippen molar-refractivity contribution in [1.82, 2.24) is 14.9 Å². The SMILES string of the molecule is CC1Cc2ccccc2N1c1cc(-c2ccccc2)nc(NCCCN(C)C)n1. The Bertz CT molecular complexity index is 954. The summed E-state index contributed by atoms with van der Waals surface area (Å²) in [6.45, 7) is 4.14. The number of anilines is 3. The smallest absolute Gasteiger partial charge is 0.225 e. The molecular weight excluding hydrogens is 358 g/mol. The summed E-state index contributed by atoms with van der Waals surface area (Å²) < 4.78 is 0. The first-order valence-corrected chi connectivity index (χ1v) is 10.3. The zero-order valence-corrected chi connectivity index (χ0v) is 17.5. The monoisotopic (exact) mass is 387 g/mol. The normalized spacial score (nSPS) is 15.6. The maximum Gasteiger partial charge on any atom is 0.225 e. The quantitative estimate of drug-likeness (QED) is 0.601. The van der Waals surface area contributed by atoms with E-state index in [4.69, 9.17) is 9.97 Å². The number of para-hydroxylation sites is 1. The van der Waals surface area contributed by atoms with Gasteiger partial charge in [-0.25, -0.2) is 4.98 Å². The summed E-state index contributed by atoms with van der Waals surface area (Å²) in [5.74, 6) is 1.64. The van der Waals surface area contributed by atoms with Gasteiger partial charge in [-0.1, -0.05) is 48.5 Å². The van der Waals surface area contributed by atoms with E-state index in [1.807, 2.05) is 6.07 Å². The molecule has 1 aromatic heterocycles. The van der Waals surface area contributed by atoms with E-state index >= 15 is 0 Å². The van der Waals surface area contributed by atoms with E-state index in [1.54, 1.807) is 0 Å². The van der Waals surface area contributed by atoms with Crippen LogP contribution in [0.2, 0.25) is 0 Å². The van der Waals surface area contributed by atoms with Gasteiger partial charge in [-0.3, -0.25) is 0 Å². The summed E-state index contributed by atoms with van der Waals surface area (Å²) in [6, 6.07) is 21.4. The van der Waals surface area contributed by atoms with Gasteiger partial charge in [0.05, 0.1) is 5.69 Å². The van der Waals surface area contributed by atoms with Crippen LogP contribution in [-0.4, -0.2) is 48.1 Å². The number of nitrogens with zero attached hydrogens (tertiary/aromatic N) is 4. The van der Waals surface area contributed by atoms with Crippen LogP contribution < -0.4 is 10.2 Å². The van der Waals surface area contributed by atoms with Crippen LogP contribution in [0.15, 0.2) is 60.7 Å². The van der Waals surface area contributed by atoms with Gasteiger partial charge < -0.3 is 15.1 Å². The van der Waals surface area contributed by atoms with Gasteiger partial charge in [-0.05, 0) is 52.0 Å². The molecule has 0 saturated heterocycles. The molecule has 3 aromatic rings. The summed E-state index contributed by atoms with van der Waals surface area (Å²) in [5.41, 5.74) is 4.67. The molecule has 1 aliphatic heterocycles. The number of hydrogen-bond acceptors (Lipinski definition) is 5. The highest BCUT2D eigenvalue weighted by Gasteiger charge is 2.28. The average Bonchev–Trinajstić information content (AvgIpc) is 3.07. The van der Waals surface area contributed by atoms with E-state index in [9.17, 15) is 0 Å². The van der Waals surface area contributed by atoms with E-state index in [1.165, 1.54) is 11.3 Å². The number of fused-ring (bicyclic) bond motifs is 1. The molecule has 0 amide bonds. The molecule has 1 aliphatic rings. The summed E-state index contributed by atoms with van der Waals surface area (Å²) in [6.07, 6.45) is 2.08. The van der Waals surface area contributed by atoms with E-state index in [2.05, 4.69) is 90.7 Å². The molecule has 4 rings (SSSR count). The van der Waals surface area contributed by atoms with Gasteiger partial charge in [0, 0.05) is 29.9 Å². The lowest BCUT2D eigenvalue weighted by Crippen LogP contribution is -2.25. The maximum absolute atomic E-state index is 4.90. The van der Waals surface area contributed by atoms with Crippen molar-refractivity contribution < 1.29 is 0 Å². The molecule has 0 aliphatic carbocycles. The predicted octanol–water partition coefficient (Wildman–Crippen LogP) is 4.59. The van der Waals surface area contributed by atoms with Gasteiger partial charge in [-0.15, -0.1) is 0 Å². The van der Waals surface area contributed by atoms with Crippen LogP contribution in [0.25, 0.3) is 11.3 Å². The van der Waals surface area contributed by atoms with Gasteiger partial charge >= 0.3 is 0 Å². The number of rotatable bonds is 7. The van der Waals surface area contributed by atoms with Crippen molar-refractivity contribution in [2.24, 2.45) is 0 Å². The molecule has 2 aromatic carbocycles. The third-order valence-electron chi connectivity index (χ3n) is 5.30. The fourth-order valence-corrected chi connectivity index (χ4v) is 3.90. The first-order valence-electron chi connectivity index (χ1n) is 10.3. The molecule has 29 heavy (non-hydrogen) atoms. The van der Waals surface area contributed by atoms with Crippen molar-refractivity contribution in [2.75, 3.05) is 37.4 Å². The molecule has 1 atom stereocenters. The summed E-state index contributed by atoms with van der Waals surface area (Å²) in [7, 11) is 4.19. The number of aromatic nitrogens is 2. The first-order chi connectivity index (χ1) is 14.1. The second-order valence-corrected chi connectivity index (χ2v) is 7.94. The van der Waals surface area contributed by atoms with Crippen LogP contribution in [-0.2, 0) is 6.42 Å². The Morgan fingerprint density at radius 2 is 1.79 bits per heavy atom. The van der Waals surface area contributed by atoms with Gasteiger partial charge in [0.2, 0.25) is 5.95 Å². The van der Waals surface area contributed by atoms with Crippen molar-refractivity contribution in [2.45, 2.75) is 25.8 Å². The lowest BCUT2D eigenvalue weighted by Gasteiger charge is -2.25. The Kier molecular flexibility index (Phi) is 5.76. The van der Waals surface area contributed by atoms with Gasteiger partial charge in [0.1, 0.15) is 5.82 Å². The van der Waals surface area contributed by atoms with E-state index in [0.717, 1.165) is 43.0 Å². The minimum Gasteiger partial charge on any atom is -0.354 e. The molecule has 5 nitrogen and oxygen atoms in total. The van der Waals surface area contributed by atoms with Crippen molar-refractivity contribution in [3.05, 3.63) is 66.2 Å². The Morgan fingerprint density at radius 1 is 1.03 bits per heavy atom. The maximum atomic E-state index is 4.90. The van der Waals surface area contributed by atoms with Crippen molar-refractivity contribution >= 4 is 17.5 Å². The van der Waals surface area contributed by atoms with Crippen molar-refractivity contribution in [3.63, 3.8) is 0 Å². The third kappa shape index (κ3) is 4.40. The van der Waals surface area contributed by atoms with Crippen LogP contribution in [0.3, 0.4) is 0 Å². The average molecular weight is 388 g/mol. The highest BCUT2D eigenvalue weighted by molar-refractivity contribution is 5.73. The molecule has 5 heteroatoms. The minimum absolute atomic E-state index is 0.368. The molecule has 1 unspecified atom stereocenters. The predicted molar refractivity (Wildman–Crippen MR) is 121 cm³/mol. The largest absolute Gasteiger partial charge is 0.354 e. The second kappa shape index (κ2) is 8.62. The van der Waals surface area contributed by atoms with Crippen LogP contribution in [0.4, 0.5) is 17.5 Å². The Labute approximate surface area is 173 Å². The van der Waals surface area contributed by atoms with Gasteiger partial charge in [-0.2, -0.15) is 4.98 Å². The lowest BCUT2D eigenvalue weighted by atomic mass is 10.1. The number of benzene rings is 2. The summed E-state index contributed by atoms with van der Waals surface area (Å²) >= 11 is 0. The minimum atomic E-state index is 0.368. The van der Waals surface area contributed by atoms with Gasteiger partial charge in [0.15, 0.2) is 0 Å². The fourth-order valence-electron chi connectivity index (χ4n) is 3.90. The topological polar surface area (TPSA) is 44.3 Å². The van der Waals surface area contributed by atoms with Gasteiger partial charge in [0.25, 0.3) is 0 Å². The first kappa shape index (κ1) is 19.4. The molecule has 1 N–H and O–H groups in total. The summed E-state index contributed by atoms with van der Waals surface area (Å²) in [5, 5.41) is 3.44. The molecule has 150 valence electrons. The Morgan fingerprint density at radius 3 is 2.59 bits per heavy atom. The van der Waals surface area contributed by atoms with E-state index in [0.29, 0.717) is 12.0 Å². The molecule has 0 spiro atoms. The lowest BCUT2D eigenvalue weighted by molar-refractivity contribution is 0.405. The molecule has 0 bridgehead atoms. The molecule has 0 fully saturated rings. The highest BCUT2D eigenvalue weighted by atomic mass is 15.3. The number of nitrogens with one attached hydrogen (secondary N) is 1. The summed E-state index contributed by atoms with van der Waals surface area (Å²) in [4.78, 5) is 14.2. The second-order valence-electron chi connectivity index (χ2n) is 7.94. The molecule has 2 heterocycles. The highest BCUT2D eigenvalue weighted by Crippen LogP contribution is 2.38. The Balaban J connectivity index is 1.68. The third-order valence-corrected chi connectivity index (χ3v) is 5.30. The molecule has 0 saturated carbocycles. The van der Waals surface area contributed by atoms with Crippen molar-refractivity contribution in [3.8, 4) is 11.3 Å². The van der Waals surface area contributed by atoms with Crippen LogP contribution in [0.1, 0.15) is 18.9 Å². The zero-order valence-electron chi connectivity index (χ0n) is 17.5. The Hall–Kier alpha value is -2.92. The number of hydrogen-bond donors (Lipinski definition) is 1. The standard InChI is InChI=1S/C24H29N5/c1-18-16-20-12-7-8-13-22(20)29(18)23-17-21(19-10-5-4-6-11-19)26-24(27-23)25-14-9-15-28(2)3/h4-8,10-13,17-18H,9,14-16H2,1-3H3,(H,25,26,27). The van der Waals surface area contributed by atoms with Crippen LogP contribution in [0.5, 0.6) is 0 Å². The zero-order chi connectivity index (χ0) is 20.2. The van der Waals surface area contributed by atoms with Crippen molar-refractivity contribution in [1.29, 1.82) is 0 Å². The van der Waals surface area contributed by atoms with E-state index < -0.39 is 0 Å². The fraction of sp³-hybridized carbons (Fsp3) is 0.333. The molecule has 0 radical (unpaired) electrons. The molecular formula is C24H29N5. The van der Waals surface area contributed by atoms with Crippen LogP contribution >= 0.6 is 0 Å².